The van der Waals surface area contributed by atoms with Crippen LogP contribution in [0.25, 0.3) is 32.6 Å². The first-order chi connectivity index (χ1) is 18.1. The summed E-state index contributed by atoms with van der Waals surface area (Å²) in [7, 11) is 0. The summed E-state index contributed by atoms with van der Waals surface area (Å²) in [5.74, 6) is -0.655. The number of thiophene rings is 1. The van der Waals surface area contributed by atoms with E-state index < -0.39 is 11.4 Å². The minimum absolute atomic E-state index is 0.00172. The summed E-state index contributed by atoms with van der Waals surface area (Å²) < 4.78 is 16.3. The molecule has 2 aliphatic heterocycles. The Balaban J connectivity index is 1.45. The van der Waals surface area contributed by atoms with E-state index in [1.54, 1.807) is 24.6 Å². The Morgan fingerprint density at radius 3 is 2.68 bits per heavy atom. The van der Waals surface area contributed by atoms with Crippen LogP contribution in [0.2, 0.25) is 0 Å². The summed E-state index contributed by atoms with van der Waals surface area (Å²) in [5.41, 5.74) is 8.84. The molecule has 0 spiro atoms. The van der Waals surface area contributed by atoms with Crippen molar-refractivity contribution in [3.63, 3.8) is 0 Å². The molecule has 1 amide bonds. The van der Waals surface area contributed by atoms with Gasteiger partial charge < -0.3 is 15.7 Å². The number of fused-ring (bicyclic) bond motifs is 3. The van der Waals surface area contributed by atoms with Crippen LogP contribution in [0.3, 0.4) is 0 Å². The van der Waals surface area contributed by atoms with E-state index in [1.807, 2.05) is 35.2 Å². The molecule has 2 bridgehead atoms. The molecule has 3 N–H and O–H groups in total. The molecule has 0 unspecified atom stereocenters. The molecule has 6 rings (SSSR count). The maximum absolute atomic E-state index is 14.6. The Morgan fingerprint density at radius 1 is 1.24 bits per heavy atom. The molecular weight excluding hydrogens is 503 g/mol. The lowest BCUT2D eigenvalue weighted by Gasteiger charge is -2.22. The van der Waals surface area contributed by atoms with E-state index in [0.717, 1.165) is 35.2 Å². The number of amides is 1. The van der Waals surface area contributed by atoms with Crippen molar-refractivity contribution in [3.05, 3.63) is 58.7 Å². The lowest BCUT2D eigenvalue weighted by molar-refractivity contribution is 0.0584. The second kappa shape index (κ2) is 8.98. The highest BCUT2D eigenvalue weighted by Gasteiger charge is 2.47. The second-order valence-corrected chi connectivity index (χ2v) is 11.9. The van der Waals surface area contributed by atoms with Crippen LogP contribution in [0.4, 0.5) is 4.39 Å². The number of benzene rings is 2. The molecule has 3 atom stereocenters. The van der Waals surface area contributed by atoms with E-state index in [1.165, 1.54) is 23.5 Å². The minimum atomic E-state index is -0.952. The first kappa shape index (κ1) is 24.7. The van der Waals surface area contributed by atoms with Crippen molar-refractivity contribution < 1.29 is 14.3 Å². The van der Waals surface area contributed by atoms with E-state index in [0.29, 0.717) is 21.5 Å². The van der Waals surface area contributed by atoms with Gasteiger partial charge in [-0.3, -0.25) is 4.79 Å². The maximum Gasteiger partial charge on any atom is 0.264 e. The van der Waals surface area contributed by atoms with Gasteiger partial charge in [0.1, 0.15) is 17.4 Å². The van der Waals surface area contributed by atoms with Gasteiger partial charge in [0, 0.05) is 28.6 Å². The predicted molar refractivity (Wildman–Crippen MR) is 143 cm³/mol. The number of nitrogens with two attached hydrogens (primary N) is 1. The van der Waals surface area contributed by atoms with Crippen LogP contribution in [-0.2, 0) is 6.54 Å². The van der Waals surface area contributed by atoms with E-state index in [-0.39, 0.29) is 36.1 Å². The van der Waals surface area contributed by atoms with Crippen molar-refractivity contribution in [3.8, 4) is 27.6 Å². The molecule has 2 saturated heterocycles. The Morgan fingerprint density at radius 2 is 2.03 bits per heavy atom. The summed E-state index contributed by atoms with van der Waals surface area (Å²) in [4.78, 5) is 17.0. The topological polar surface area (TPSA) is 121 Å². The van der Waals surface area contributed by atoms with Gasteiger partial charge in [0.2, 0.25) is 0 Å². The normalized spacial score (nSPS) is 20.8. The van der Waals surface area contributed by atoms with Crippen molar-refractivity contribution in [1.29, 1.82) is 5.26 Å². The summed E-state index contributed by atoms with van der Waals surface area (Å²) in [6, 6.07) is 14.1. The highest BCUT2D eigenvalue weighted by atomic mass is 32.1. The number of rotatable bonds is 5. The zero-order valence-corrected chi connectivity index (χ0v) is 21.9. The molecule has 2 aromatic heterocycles. The predicted octanol–water partition coefficient (Wildman–Crippen LogP) is 4.31. The first-order valence-corrected chi connectivity index (χ1v) is 13.4. The Bertz CT molecular complexity index is 1610. The molecule has 4 aromatic rings. The van der Waals surface area contributed by atoms with Crippen molar-refractivity contribution >= 4 is 28.3 Å². The summed E-state index contributed by atoms with van der Waals surface area (Å²) in [5, 5.41) is 27.9. The van der Waals surface area contributed by atoms with E-state index in [4.69, 9.17) is 5.73 Å². The lowest BCUT2D eigenvalue weighted by Crippen LogP contribution is -2.40. The molecule has 2 aromatic carbocycles. The van der Waals surface area contributed by atoms with Crippen LogP contribution in [-0.4, -0.2) is 54.6 Å². The van der Waals surface area contributed by atoms with Crippen molar-refractivity contribution in [2.75, 3.05) is 0 Å². The smallest absolute Gasteiger partial charge is 0.264 e. The molecule has 8 nitrogen and oxygen atoms in total. The van der Waals surface area contributed by atoms with Gasteiger partial charge in [-0.05, 0) is 74.6 Å². The molecule has 194 valence electrons. The van der Waals surface area contributed by atoms with Gasteiger partial charge in [-0.1, -0.05) is 17.3 Å². The average molecular weight is 531 g/mol. The average Bonchev–Trinajstić information content (AvgIpc) is 3.64. The summed E-state index contributed by atoms with van der Waals surface area (Å²) >= 11 is 1.36. The summed E-state index contributed by atoms with van der Waals surface area (Å²) in [6.07, 6.45) is 2.70. The molecule has 2 aliphatic rings. The number of aromatic nitrogens is 3. The van der Waals surface area contributed by atoms with Crippen LogP contribution in [0, 0.1) is 17.1 Å². The van der Waals surface area contributed by atoms with E-state index in [2.05, 4.69) is 10.3 Å². The quantitative estimate of drug-likeness (QED) is 0.397. The van der Waals surface area contributed by atoms with E-state index >= 15 is 0 Å². The standard InChI is InChI=1S/C28H27FN6O2S/c1-28(2,37)14-34-24-7-5-16(10-22(24)32-33-34)26-19(15-3-4-17(13-30)20(29)9-15)12-25(38-26)27(36)35-18-6-8-23(35)21(31)11-18/h3-5,7,9-10,12,18,21,23,37H,6,8,11,14,31H2,1-2H3/t18-,21-,23+/m1/s1. The number of nitriles is 1. The van der Waals surface area contributed by atoms with Gasteiger partial charge in [0.05, 0.1) is 28.1 Å². The fraction of sp³-hybridized carbons (Fsp3) is 0.357. The molecule has 4 heterocycles. The molecule has 38 heavy (non-hydrogen) atoms. The van der Waals surface area contributed by atoms with Crippen LogP contribution < -0.4 is 5.73 Å². The number of nitrogens with zero attached hydrogens (tertiary/aromatic N) is 5. The Hall–Kier alpha value is -3.65. The number of halogens is 1. The van der Waals surface area contributed by atoms with Gasteiger partial charge in [0.25, 0.3) is 5.91 Å². The number of hydrogen-bond acceptors (Lipinski definition) is 7. The van der Waals surface area contributed by atoms with Crippen LogP contribution in [0.5, 0.6) is 0 Å². The fourth-order valence-electron chi connectivity index (χ4n) is 5.77. The van der Waals surface area contributed by atoms with Gasteiger partial charge >= 0.3 is 0 Å². The Labute approximate surface area is 223 Å². The monoisotopic (exact) mass is 530 g/mol. The van der Waals surface area contributed by atoms with Gasteiger partial charge in [0.15, 0.2) is 0 Å². The zero-order valence-electron chi connectivity index (χ0n) is 21.1. The van der Waals surface area contributed by atoms with Crippen LogP contribution in [0.15, 0.2) is 42.5 Å². The molecule has 0 aliphatic carbocycles. The van der Waals surface area contributed by atoms with Gasteiger partial charge in [-0.15, -0.1) is 16.4 Å². The number of carbonyl (C=O) groups excluding carboxylic acids is 1. The molecular formula is C28H27FN6O2S. The molecule has 2 fully saturated rings. The second-order valence-electron chi connectivity index (χ2n) is 10.8. The van der Waals surface area contributed by atoms with Crippen molar-refractivity contribution in [1.82, 2.24) is 19.9 Å². The van der Waals surface area contributed by atoms with Crippen molar-refractivity contribution in [2.24, 2.45) is 5.73 Å². The maximum atomic E-state index is 14.6. The number of carbonyl (C=O) groups is 1. The van der Waals surface area contributed by atoms with E-state index in [9.17, 15) is 19.6 Å². The number of hydrogen-bond donors (Lipinski definition) is 2. The first-order valence-electron chi connectivity index (χ1n) is 12.6. The molecule has 0 radical (unpaired) electrons. The highest BCUT2D eigenvalue weighted by molar-refractivity contribution is 7.18. The highest BCUT2D eigenvalue weighted by Crippen LogP contribution is 2.44. The third kappa shape index (κ3) is 4.17. The zero-order chi connectivity index (χ0) is 26.8. The fourth-order valence-corrected chi connectivity index (χ4v) is 6.90. The van der Waals surface area contributed by atoms with Crippen LogP contribution >= 0.6 is 11.3 Å². The van der Waals surface area contributed by atoms with Crippen LogP contribution in [0.1, 0.15) is 48.3 Å². The summed E-state index contributed by atoms with van der Waals surface area (Å²) in [6.45, 7) is 3.71. The Kier molecular flexibility index (Phi) is 5.83. The number of aliphatic hydroxyl groups is 1. The minimum Gasteiger partial charge on any atom is -0.389 e. The SMILES string of the molecule is CC(C)(O)Cn1nnc2cc(-c3sc(C(=O)N4[C@@H]5CC[C@H]4[C@H](N)C5)cc3-c3ccc(C#N)c(F)c3)ccc21. The van der Waals surface area contributed by atoms with Gasteiger partial charge in [-0.25, -0.2) is 9.07 Å². The lowest BCUT2D eigenvalue weighted by atomic mass is 9.97. The van der Waals surface area contributed by atoms with Crippen molar-refractivity contribution in [2.45, 2.75) is 63.4 Å². The van der Waals surface area contributed by atoms with Gasteiger partial charge in [-0.2, -0.15) is 5.26 Å². The largest absolute Gasteiger partial charge is 0.389 e. The molecule has 10 heteroatoms. The molecule has 0 saturated carbocycles. The third-order valence-corrected chi connectivity index (χ3v) is 8.65. The third-order valence-electron chi connectivity index (χ3n) is 7.48.